The molecular weight excluding hydrogens is 138 g/mol. The Balaban J connectivity index is 3.67. The van der Waals surface area contributed by atoms with Gasteiger partial charge in [-0.05, 0) is 0 Å². The van der Waals surface area contributed by atoms with Crippen molar-refractivity contribution in [2.75, 3.05) is 0 Å². The van der Waals surface area contributed by atoms with E-state index in [-0.39, 0.29) is 0 Å². The minimum Gasteiger partial charge on any atom is -0.151 e. The van der Waals surface area contributed by atoms with Gasteiger partial charge in [0.05, 0.1) is 10.9 Å². The third kappa shape index (κ3) is 5.94. The highest BCUT2D eigenvalue weighted by atomic mass is 31.0. The molecule has 2 atom stereocenters. The van der Waals surface area contributed by atoms with E-state index in [1.54, 1.807) is 0 Å². The molecule has 4 heteroatoms. The maximum absolute atomic E-state index is 3.60. The molecule has 0 aromatic rings. The molecule has 0 saturated carbocycles. The van der Waals surface area contributed by atoms with Gasteiger partial charge in [-0.25, -0.2) is 0 Å². The van der Waals surface area contributed by atoms with Crippen LogP contribution in [0.1, 0.15) is 0 Å². The van der Waals surface area contributed by atoms with Crippen molar-refractivity contribution in [3.63, 3.8) is 0 Å². The largest absolute Gasteiger partial charge is 0.151 e. The maximum atomic E-state index is 3.60. The molecule has 44 valence electrons. The minimum atomic E-state index is 0.605. The first-order chi connectivity index (χ1) is 3.63. The van der Waals surface area contributed by atoms with Gasteiger partial charge >= 0.3 is 0 Å². The van der Waals surface area contributed by atoms with Gasteiger partial charge in [0.25, 0.3) is 0 Å². The zero-order valence-corrected chi connectivity index (χ0v) is 6.77. The van der Waals surface area contributed by atoms with Gasteiger partial charge in [-0.15, -0.1) is 0 Å². The summed E-state index contributed by atoms with van der Waals surface area (Å²) >= 11 is 0. The number of nitrogens with zero attached hydrogens (tertiary/aromatic N) is 2. The second-order valence-corrected chi connectivity index (χ2v) is 2.52. The van der Waals surface area contributed by atoms with E-state index >= 15 is 0 Å². The average molecular weight is 146 g/mol. The first-order valence-electron chi connectivity index (χ1n) is 1.93. The van der Waals surface area contributed by atoms with E-state index < -0.39 is 0 Å². The van der Waals surface area contributed by atoms with E-state index in [4.69, 9.17) is 0 Å². The van der Waals surface area contributed by atoms with Gasteiger partial charge in [0.2, 0.25) is 0 Å². The van der Waals surface area contributed by atoms with Crippen LogP contribution >= 0.6 is 18.5 Å². The maximum Gasteiger partial charge on any atom is 0.0723 e. The summed E-state index contributed by atoms with van der Waals surface area (Å²) in [5, 5.41) is 7.19. The number of hydrogen-bond donors (Lipinski definition) is 0. The van der Waals surface area contributed by atoms with Crippen molar-refractivity contribution < 1.29 is 0 Å². The van der Waals surface area contributed by atoms with Crippen molar-refractivity contribution >= 4 is 18.5 Å². The lowest BCUT2D eigenvalue weighted by atomic mass is 11.0. The van der Waals surface area contributed by atoms with Crippen LogP contribution < -0.4 is 0 Å². The quantitative estimate of drug-likeness (QED) is 0.421. The molecule has 0 amide bonds. The topological polar surface area (TPSA) is 24.7 Å². The van der Waals surface area contributed by atoms with E-state index in [2.05, 4.69) is 41.9 Å². The summed E-state index contributed by atoms with van der Waals surface area (Å²) in [6.45, 7) is 6.96. The fourth-order valence-corrected chi connectivity index (χ4v) is 0.244. The van der Waals surface area contributed by atoms with Crippen molar-refractivity contribution in [3.05, 3.63) is 24.0 Å². The number of hydrogen-bond acceptors (Lipinski definition) is 2. The summed E-state index contributed by atoms with van der Waals surface area (Å²) in [6, 6.07) is 0. The van der Waals surface area contributed by atoms with Crippen molar-refractivity contribution in [1.29, 1.82) is 0 Å². The SMILES string of the molecule is C=C(P)N=NC(=C)P. The van der Waals surface area contributed by atoms with Crippen molar-refractivity contribution in [2.45, 2.75) is 0 Å². The molecule has 0 aromatic heterocycles. The smallest absolute Gasteiger partial charge is 0.0723 e. The first kappa shape index (κ1) is 7.94. The molecule has 0 spiro atoms. The summed E-state index contributed by atoms with van der Waals surface area (Å²) in [4.78, 5) is 0. The van der Waals surface area contributed by atoms with E-state index in [0.29, 0.717) is 10.9 Å². The minimum absolute atomic E-state index is 0.605. The highest BCUT2D eigenvalue weighted by Crippen LogP contribution is 2.08. The van der Waals surface area contributed by atoms with Crippen LogP contribution in [0.5, 0.6) is 0 Å². The Bertz CT molecular complexity index is 123. The van der Waals surface area contributed by atoms with Crippen LogP contribution in [0, 0.1) is 0 Å². The van der Waals surface area contributed by atoms with Gasteiger partial charge in [-0.1, -0.05) is 31.6 Å². The van der Waals surface area contributed by atoms with Crippen LogP contribution in [-0.2, 0) is 0 Å². The predicted octanol–water partition coefficient (Wildman–Crippen LogP) is 2.13. The molecule has 0 N–H and O–H groups in total. The molecule has 0 bridgehead atoms. The fraction of sp³-hybridized carbons (Fsp3) is 0. The van der Waals surface area contributed by atoms with Crippen LogP contribution in [0.4, 0.5) is 0 Å². The highest BCUT2D eigenvalue weighted by Gasteiger charge is 1.74. The Kier molecular flexibility index (Phi) is 3.85. The molecule has 0 radical (unpaired) electrons. The van der Waals surface area contributed by atoms with Crippen molar-refractivity contribution in [1.82, 2.24) is 0 Å². The van der Waals surface area contributed by atoms with E-state index in [1.807, 2.05) is 0 Å². The van der Waals surface area contributed by atoms with E-state index in [1.165, 1.54) is 0 Å². The molecule has 0 rings (SSSR count). The molecule has 0 aliphatic heterocycles. The Morgan fingerprint density at radius 2 is 1.25 bits per heavy atom. The van der Waals surface area contributed by atoms with E-state index in [0.717, 1.165) is 0 Å². The number of azo groups is 1. The van der Waals surface area contributed by atoms with Crippen LogP contribution in [0.3, 0.4) is 0 Å². The second-order valence-electron chi connectivity index (χ2n) is 1.18. The van der Waals surface area contributed by atoms with Gasteiger partial charge in [0.1, 0.15) is 0 Å². The zero-order valence-electron chi connectivity index (χ0n) is 4.46. The van der Waals surface area contributed by atoms with Gasteiger partial charge in [0.15, 0.2) is 0 Å². The van der Waals surface area contributed by atoms with Gasteiger partial charge in [-0.3, -0.25) is 0 Å². The molecule has 0 aromatic carbocycles. The lowest BCUT2D eigenvalue weighted by Gasteiger charge is -1.82. The number of rotatable bonds is 2. The summed E-state index contributed by atoms with van der Waals surface area (Å²) in [6.07, 6.45) is 0. The third-order valence-corrected chi connectivity index (χ3v) is 0.538. The molecular formula is C4H8N2P2. The summed E-state index contributed by atoms with van der Waals surface area (Å²) in [5.41, 5.74) is 1.21. The standard InChI is InChI=1S/C4H8N2P2/c1-3(7)5-6-4(2)8/h1-2,7-8H2. The molecule has 8 heavy (non-hydrogen) atoms. The third-order valence-electron chi connectivity index (χ3n) is 0.307. The summed E-state index contributed by atoms with van der Waals surface area (Å²) in [7, 11) is 4.64. The van der Waals surface area contributed by atoms with Crippen LogP contribution in [-0.4, -0.2) is 0 Å². The zero-order chi connectivity index (χ0) is 6.57. The lowest BCUT2D eigenvalue weighted by Crippen LogP contribution is -1.54. The molecule has 0 saturated heterocycles. The van der Waals surface area contributed by atoms with Crippen molar-refractivity contribution in [3.8, 4) is 0 Å². The summed E-state index contributed by atoms with van der Waals surface area (Å²) < 4.78 is 0. The van der Waals surface area contributed by atoms with E-state index in [9.17, 15) is 0 Å². The first-order valence-corrected chi connectivity index (χ1v) is 3.09. The molecule has 2 nitrogen and oxygen atoms in total. The lowest BCUT2D eigenvalue weighted by molar-refractivity contribution is 1.20. The second kappa shape index (κ2) is 3.88. The van der Waals surface area contributed by atoms with Gasteiger partial charge in [-0.2, -0.15) is 10.2 Å². The molecule has 0 aliphatic rings. The van der Waals surface area contributed by atoms with Gasteiger partial charge < -0.3 is 0 Å². The normalized spacial score (nSPS) is 9.75. The predicted molar refractivity (Wildman–Crippen MR) is 42.6 cm³/mol. The molecule has 0 fully saturated rings. The van der Waals surface area contributed by atoms with Crippen LogP contribution in [0.15, 0.2) is 34.3 Å². The Labute approximate surface area is 53.6 Å². The van der Waals surface area contributed by atoms with Crippen molar-refractivity contribution in [2.24, 2.45) is 10.2 Å². The van der Waals surface area contributed by atoms with Crippen LogP contribution in [0.25, 0.3) is 0 Å². The summed E-state index contributed by atoms with van der Waals surface area (Å²) in [5.74, 6) is 0. The Hall–Kier alpha value is -0.0600. The highest BCUT2D eigenvalue weighted by molar-refractivity contribution is 7.22. The molecule has 0 aliphatic carbocycles. The molecule has 2 unspecified atom stereocenters. The Morgan fingerprint density at radius 1 is 1.00 bits per heavy atom. The van der Waals surface area contributed by atoms with Crippen LogP contribution in [0.2, 0.25) is 0 Å². The monoisotopic (exact) mass is 146 g/mol. The van der Waals surface area contributed by atoms with Gasteiger partial charge in [0, 0.05) is 0 Å². The molecule has 0 heterocycles. The Morgan fingerprint density at radius 3 is 1.38 bits per heavy atom. The fourth-order valence-electron chi connectivity index (χ4n) is 0.128. The average Bonchev–Trinajstić information content (AvgIpc) is 1.61.